The van der Waals surface area contributed by atoms with Crippen LogP contribution >= 0.6 is 0 Å². The minimum absolute atomic E-state index is 0.0126. The van der Waals surface area contributed by atoms with Crippen molar-refractivity contribution < 1.29 is 23.5 Å². The van der Waals surface area contributed by atoms with Crippen LogP contribution in [0.5, 0.6) is 0 Å². The van der Waals surface area contributed by atoms with E-state index in [4.69, 9.17) is 8.83 Å². The number of amides is 1. The molecule has 0 bridgehead atoms. The molecule has 4 rings (SSSR count). The van der Waals surface area contributed by atoms with Gasteiger partial charge >= 0.3 is 11.6 Å². The van der Waals surface area contributed by atoms with Crippen molar-refractivity contribution in [1.82, 2.24) is 5.32 Å². The van der Waals surface area contributed by atoms with Crippen molar-refractivity contribution in [2.24, 2.45) is 5.92 Å². The van der Waals surface area contributed by atoms with Gasteiger partial charge in [0.1, 0.15) is 23.0 Å². The van der Waals surface area contributed by atoms with Crippen molar-refractivity contribution in [3.63, 3.8) is 0 Å². The molecule has 0 saturated heterocycles. The molecular formula is C28H29NO6. The first-order chi connectivity index (χ1) is 16.7. The number of benzene rings is 2. The van der Waals surface area contributed by atoms with E-state index in [0.717, 1.165) is 33.2 Å². The topological polar surface area (TPSA) is 110 Å². The number of hydrogen-bond donors (Lipinski definition) is 2. The first-order valence-electron chi connectivity index (χ1n) is 11.7. The molecule has 0 saturated carbocycles. The van der Waals surface area contributed by atoms with Crippen molar-refractivity contribution in [2.75, 3.05) is 0 Å². The van der Waals surface area contributed by atoms with Crippen LogP contribution in [0.2, 0.25) is 0 Å². The summed E-state index contributed by atoms with van der Waals surface area (Å²) in [5, 5.41) is 13.6. The molecule has 0 aliphatic carbocycles. The first kappa shape index (κ1) is 24.3. The van der Waals surface area contributed by atoms with Gasteiger partial charge in [-0.25, -0.2) is 9.59 Å². The third kappa shape index (κ3) is 4.99. The highest BCUT2D eigenvalue weighted by Gasteiger charge is 2.22. The van der Waals surface area contributed by atoms with Gasteiger partial charge in [-0.2, -0.15) is 0 Å². The molecular weight excluding hydrogens is 446 g/mol. The maximum Gasteiger partial charge on any atom is 0.339 e. The number of hydrogen-bond acceptors (Lipinski definition) is 5. The van der Waals surface area contributed by atoms with Gasteiger partial charge in [0.2, 0.25) is 5.91 Å². The molecule has 7 heteroatoms. The molecule has 4 aromatic rings. The fraction of sp³-hybridized carbons (Fsp3) is 0.321. The molecule has 1 amide bonds. The molecule has 2 N–H and O–H groups in total. The lowest BCUT2D eigenvalue weighted by Gasteiger charge is -2.16. The predicted molar refractivity (Wildman–Crippen MR) is 135 cm³/mol. The average molecular weight is 476 g/mol. The zero-order valence-corrected chi connectivity index (χ0v) is 20.3. The maximum atomic E-state index is 12.7. The molecule has 2 aromatic heterocycles. The largest absolute Gasteiger partial charge is 0.480 e. The molecule has 1 unspecified atom stereocenters. The third-order valence-corrected chi connectivity index (χ3v) is 6.28. The van der Waals surface area contributed by atoms with Crippen molar-refractivity contribution in [1.29, 1.82) is 0 Å². The summed E-state index contributed by atoms with van der Waals surface area (Å²) in [6.07, 6.45) is 0.474. The molecule has 0 aliphatic heterocycles. The van der Waals surface area contributed by atoms with Gasteiger partial charge in [-0.3, -0.25) is 4.79 Å². The number of carbonyl (C=O) groups is 2. The normalized spacial score (nSPS) is 12.4. The van der Waals surface area contributed by atoms with Crippen molar-refractivity contribution in [2.45, 2.75) is 53.0 Å². The summed E-state index contributed by atoms with van der Waals surface area (Å²) in [6, 6.07) is 12.7. The van der Waals surface area contributed by atoms with Crippen LogP contribution in [-0.2, 0) is 16.0 Å². The van der Waals surface area contributed by atoms with Crippen LogP contribution in [-0.4, -0.2) is 23.0 Å². The molecule has 1 atom stereocenters. The highest BCUT2D eigenvalue weighted by Crippen LogP contribution is 2.37. The van der Waals surface area contributed by atoms with Gasteiger partial charge in [-0.05, 0) is 49.8 Å². The molecule has 0 fully saturated rings. The standard InChI is InChI=1S/C28H29NO6/c1-15(2)12-22(27(31)32)29-25(30)11-10-19-16(3)20-13-21-24(14-23(20)35-28(19)33)34-17(4)26(21)18-8-6-5-7-9-18/h5-9,13-15,22H,10-12H2,1-4H3,(H,29,30)(H,31,32). The van der Waals surface area contributed by atoms with E-state index < -0.39 is 23.5 Å². The van der Waals surface area contributed by atoms with E-state index in [0.29, 0.717) is 23.2 Å². The Labute approximate surface area is 202 Å². The molecule has 2 heterocycles. The Balaban J connectivity index is 1.67. The number of fused-ring (bicyclic) bond motifs is 2. The van der Waals surface area contributed by atoms with E-state index in [9.17, 15) is 19.5 Å². The molecule has 35 heavy (non-hydrogen) atoms. The molecule has 0 spiro atoms. The van der Waals surface area contributed by atoms with Crippen molar-refractivity contribution >= 4 is 33.8 Å². The van der Waals surface area contributed by atoms with E-state index in [2.05, 4.69) is 5.32 Å². The number of nitrogens with one attached hydrogen (secondary N) is 1. The predicted octanol–water partition coefficient (Wildman–Crippen LogP) is 5.37. The Morgan fingerprint density at radius 3 is 2.34 bits per heavy atom. The Kier molecular flexibility index (Phi) is 6.78. The second kappa shape index (κ2) is 9.78. The Bertz CT molecular complexity index is 1460. The zero-order valence-electron chi connectivity index (χ0n) is 20.3. The minimum Gasteiger partial charge on any atom is -0.480 e. The van der Waals surface area contributed by atoms with Crippen molar-refractivity contribution in [3.05, 3.63) is 69.8 Å². The summed E-state index contributed by atoms with van der Waals surface area (Å²) in [6.45, 7) is 7.54. The highest BCUT2D eigenvalue weighted by molar-refractivity contribution is 6.03. The number of aliphatic carboxylic acids is 1. The molecule has 2 aromatic carbocycles. The van der Waals surface area contributed by atoms with Crippen LogP contribution in [0.25, 0.3) is 33.1 Å². The number of aryl methyl sites for hydroxylation is 2. The van der Waals surface area contributed by atoms with Gasteiger partial charge in [0, 0.05) is 34.4 Å². The summed E-state index contributed by atoms with van der Waals surface area (Å²) in [7, 11) is 0. The van der Waals surface area contributed by atoms with Gasteiger partial charge in [-0.15, -0.1) is 0 Å². The lowest BCUT2D eigenvalue weighted by atomic mass is 9.98. The van der Waals surface area contributed by atoms with Gasteiger partial charge in [0.05, 0.1) is 0 Å². The third-order valence-electron chi connectivity index (χ3n) is 6.28. The highest BCUT2D eigenvalue weighted by atomic mass is 16.4. The van der Waals surface area contributed by atoms with Crippen LogP contribution < -0.4 is 10.9 Å². The van der Waals surface area contributed by atoms with Crippen LogP contribution in [0.1, 0.15) is 43.6 Å². The zero-order chi connectivity index (χ0) is 25.3. The average Bonchev–Trinajstić information content (AvgIpc) is 3.12. The van der Waals surface area contributed by atoms with Gasteiger partial charge < -0.3 is 19.3 Å². The molecule has 7 nitrogen and oxygen atoms in total. The van der Waals surface area contributed by atoms with Gasteiger partial charge in [0.15, 0.2) is 0 Å². The minimum atomic E-state index is -1.07. The van der Waals surface area contributed by atoms with Crippen LogP contribution in [0.3, 0.4) is 0 Å². The number of rotatable bonds is 8. The quantitative estimate of drug-likeness (QED) is 0.332. The van der Waals surface area contributed by atoms with E-state index >= 15 is 0 Å². The Morgan fingerprint density at radius 1 is 1.00 bits per heavy atom. The first-order valence-corrected chi connectivity index (χ1v) is 11.7. The van der Waals surface area contributed by atoms with Gasteiger partial charge in [-0.1, -0.05) is 44.2 Å². The molecule has 182 valence electrons. The molecule has 0 radical (unpaired) electrons. The smallest absolute Gasteiger partial charge is 0.339 e. The van der Waals surface area contributed by atoms with E-state index in [1.807, 2.05) is 64.1 Å². The second-order valence-electron chi connectivity index (χ2n) is 9.32. The summed E-state index contributed by atoms with van der Waals surface area (Å²) in [5.74, 6) is -0.588. The Hall–Kier alpha value is -3.87. The summed E-state index contributed by atoms with van der Waals surface area (Å²) in [5.41, 5.74) is 3.71. The van der Waals surface area contributed by atoms with Crippen LogP contribution in [0, 0.1) is 19.8 Å². The summed E-state index contributed by atoms with van der Waals surface area (Å²) in [4.78, 5) is 36.7. The van der Waals surface area contributed by atoms with E-state index in [1.54, 1.807) is 6.07 Å². The van der Waals surface area contributed by atoms with Crippen molar-refractivity contribution in [3.8, 4) is 11.1 Å². The van der Waals surface area contributed by atoms with E-state index in [1.165, 1.54) is 0 Å². The molecule has 0 aliphatic rings. The van der Waals surface area contributed by atoms with Crippen LogP contribution in [0.4, 0.5) is 0 Å². The maximum absolute atomic E-state index is 12.7. The summed E-state index contributed by atoms with van der Waals surface area (Å²) < 4.78 is 11.6. The Morgan fingerprint density at radius 2 is 1.69 bits per heavy atom. The number of carbonyl (C=O) groups excluding carboxylic acids is 1. The number of carboxylic acids is 1. The SMILES string of the molecule is Cc1oc2cc3oc(=O)c(CCC(=O)NC(CC(C)C)C(=O)O)c(C)c3cc2c1-c1ccccc1. The number of furan rings is 1. The fourth-order valence-corrected chi connectivity index (χ4v) is 4.55. The fourth-order valence-electron chi connectivity index (χ4n) is 4.55. The lowest BCUT2D eigenvalue weighted by Crippen LogP contribution is -2.41. The lowest BCUT2D eigenvalue weighted by molar-refractivity contribution is -0.142. The number of carboxylic acid groups (broad SMARTS) is 1. The second-order valence-corrected chi connectivity index (χ2v) is 9.32. The van der Waals surface area contributed by atoms with E-state index in [-0.39, 0.29) is 18.8 Å². The monoisotopic (exact) mass is 475 g/mol. The summed E-state index contributed by atoms with van der Waals surface area (Å²) >= 11 is 0. The van der Waals surface area contributed by atoms with Gasteiger partial charge in [0.25, 0.3) is 0 Å². The van der Waals surface area contributed by atoms with Crippen LogP contribution in [0.15, 0.2) is 56.1 Å².